The van der Waals surface area contributed by atoms with Crippen LogP contribution in [0.15, 0.2) is 35.5 Å². The summed E-state index contributed by atoms with van der Waals surface area (Å²) in [6, 6.07) is 5.37. The predicted molar refractivity (Wildman–Crippen MR) is 119 cm³/mol. The lowest BCUT2D eigenvalue weighted by atomic mass is 9.85. The van der Waals surface area contributed by atoms with Crippen LogP contribution in [0, 0.1) is 12.8 Å². The minimum Gasteiger partial charge on any atom is -0.444 e. The Bertz CT molecular complexity index is 1090. The van der Waals surface area contributed by atoms with Gasteiger partial charge in [-0.3, -0.25) is 4.98 Å². The topological polar surface area (TPSA) is 79.8 Å². The van der Waals surface area contributed by atoms with Crippen LogP contribution < -0.4 is 0 Å². The summed E-state index contributed by atoms with van der Waals surface area (Å²) in [5.74, 6) is 0.113. The molecule has 2 atom stereocenters. The summed E-state index contributed by atoms with van der Waals surface area (Å²) in [4.78, 5) is 19.1. The minimum atomic E-state index is -3.66. The van der Waals surface area contributed by atoms with Gasteiger partial charge in [0.25, 0.3) is 0 Å². The molecule has 2 aliphatic heterocycles. The number of benzene rings is 1. The molecule has 0 radical (unpaired) electrons. The van der Waals surface area contributed by atoms with Gasteiger partial charge in [-0.2, -0.15) is 4.31 Å². The number of nitrogens with zero attached hydrogens (tertiary/aromatic N) is 3. The molecule has 0 bridgehead atoms. The van der Waals surface area contributed by atoms with Crippen LogP contribution in [0.3, 0.4) is 0 Å². The van der Waals surface area contributed by atoms with Crippen LogP contribution >= 0.6 is 0 Å². The maximum absolute atomic E-state index is 13.6. The molecular formula is C23H31N3O4S. The van der Waals surface area contributed by atoms with Gasteiger partial charge in [0.15, 0.2) is 0 Å². The highest BCUT2D eigenvalue weighted by molar-refractivity contribution is 7.89. The zero-order valence-electron chi connectivity index (χ0n) is 18.7. The van der Waals surface area contributed by atoms with Gasteiger partial charge in [0, 0.05) is 48.8 Å². The first-order valence-corrected chi connectivity index (χ1v) is 12.3. The number of carbonyl (C=O) groups excluding carboxylic acids is 1. The number of aromatic nitrogens is 1. The summed E-state index contributed by atoms with van der Waals surface area (Å²) in [6.07, 6.45) is 5.49. The van der Waals surface area contributed by atoms with E-state index in [-0.39, 0.29) is 18.1 Å². The molecule has 0 saturated carbocycles. The van der Waals surface area contributed by atoms with E-state index < -0.39 is 15.6 Å². The maximum atomic E-state index is 13.6. The number of sulfonamides is 1. The van der Waals surface area contributed by atoms with Gasteiger partial charge >= 0.3 is 6.09 Å². The summed E-state index contributed by atoms with van der Waals surface area (Å²) < 4.78 is 34.5. The van der Waals surface area contributed by atoms with Crippen LogP contribution in [0.1, 0.15) is 45.6 Å². The first-order chi connectivity index (χ1) is 14.6. The van der Waals surface area contributed by atoms with Crippen LogP contribution in [-0.4, -0.2) is 60.0 Å². The fourth-order valence-electron chi connectivity index (χ4n) is 4.86. The lowest BCUT2D eigenvalue weighted by molar-refractivity contribution is -0.0104. The summed E-state index contributed by atoms with van der Waals surface area (Å²) in [6.45, 7) is 8.96. The maximum Gasteiger partial charge on any atom is 0.410 e. The van der Waals surface area contributed by atoms with Crippen molar-refractivity contribution in [3.05, 3.63) is 36.2 Å². The second kappa shape index (κ2) is 8.06. The molecule has 4 rings (SSSR count). The Morgan fingerprint density at radius 3 is 2.68 bits per heavy atom. The van der Waals surface area contributed by atoms with E-state index in [2.05, 4.69) is 4.98 Å². The fraction of sp³-hybridized carbons (Fsp3) is 0.565. The van der Waals surface area contributed by atoms with Crippen molar-refractivity contribution in [1.82, 2.24) is 14.2 Å². The second-order valence-corrected chi connectivity index (χ2v) is 11.5. The molecule has 1 aromatic carbocycles. The number of hydrogen-bond donors (Lipinski definition) is 0. The van der Waals surface area contributed by atoms with Crippen molar-refractivity contribution < 1.29 is 17.9 Å². The van der Waals surface area contributed by atoms with E-state index in [1.165, 1.54) is 0 Å². The number of carbonyl (C=O) groups is 1. The Morgan fingerprint density at radius 1 is 1.16 bits per heavy atom. The smallest absolute Gasteiger partial charge is 0.410 e. The van der Waals surface area contributed by atoms with Crippen molar-refractivity contribution in [2.45, 2.75) is 63.5 Å². The zero-order valence-corrected chi connectivity index (χ0v) is 19.5. The summed E-state index contributed by atoms with van der Waals surface area (Å²) in [7, 11) is -3.66. The molecule has 2 saturated heterocycles. The number of fused-ring (bicyclic) bond motifs is 2. The lowest BCUT2D eigenvalue weighted by Crippen LogP contribution is -2.57. The highest BCUT2D eigenvalue weighted by Gasteiger charge is 2.42. The molecule has 0 aliphatic carbocycles. The number of rotatable bonds is 2. The lowest BCUT2D eigenvalue weighted by Gasteiger charge is -2.46. The Labute approximate surface area is 184 Å². The van der Waals surface area contributed by atoms with Crippen molar-refractivity contribution in [1.29, 1.82) is 0 Å². The molecule has 0 N–H and O–H groups in total. The fourth-order valence-corrected chi connectivity index (χ4v) is 6.66. The molecule has 1 aromatic heterocycles. The molecule has 8 heteroatoms. The molecule has 7 nitrogen and oxygen atoms in total. The third-order valence-corrected chi connectivity index (χ3v) is 8.12. The quantitative estimate of drug-likeness (QED) is 0.699. The monoisotopic (exact) mass is 445 g/mol. The molecular weight excluding hydrogens is 414 g/mol. The first kappa shape index (κ1) is 22.0. The van der Waals surface area contributed by atoms with Crippen LogP contribution in [0.25, 0.3) is 10.8 Å². The normalized spacial score (nSPS) is 22.9. The Morgan fingerprint density at radius 2 is 1.94 bits per heavy atom. The Hall–Kier alpha value is -2.19. The summed E-state index contributed by atoms with van der Waals surface area (Å²) in [5.41, 5.74) is 0.301. The summed E-state index contributed by atoms with van der Waals surface area (Å²) in [5, 5.41) is 1.56. The molecule has 0 spiro atoms. The van der Waals surface area contributed by atoms with Gasteiger partial charge in [-0.25, -0.2) is 13.2 Å². The predicted octanol–water partition coefficient (Wildman–Crippen LogP) is 3.95. The highest BCUT2D eigenvalue weighted by atomic mass is 32.2. The van der Waals surface area contributed by atoms with E-state index in [9.17, 15) is 13.2 Å². The van der Waals surface area contributed by atoms with E-state index in [1.807, 2.05) is 38.7 Å². The zero-order chi connectivity index (χ0) is 22.4. The number of piperidine rings is 2. The molecule has 2 unspecified atom stereocenters. The molecule has 2 aliphatic rings. The number of pyridine rings is 1. The average molecular weight is 446 g/mol. The number of aryl methyl sites for hydroxylation is 1. The second-order valence-electron chi connectivity index (χ2n) is 9.61. The SMILES string of the molecule is Cc1cncc2cccc(S(=O)(=O)N3CCC4C(CCCN4C(=O)OC(C)(C)C)C3)c12. The molecule has 2 aromatic rings. The molecule has 168 valence electrons. The standard InChI is InChI=1S/C23H31N3O4S/c1-16-13-24-14-17-7-5-9-20(21(16)17)31(28,29)25-12-10-19-18(15-25)8-6-11-26(19)22(27)30-23(2,3)4/h5,7,9,13-14,18-19H,6,8,10-12,15H2,1-4H3. The highest BCUT2D eigenvalue weighted by Crippen LogP contribution is 2.35. The van der Waals surface area contributed by atoms with Gasteiger partial charge < -0.3 is 9.64 Å². The van der Waals surface area contributed by atoms with E-state index in [1.54, 1.807) is 28.8 Å². The third-order valence-electron chi connectivity index (χ3n) is 6.21. The average Bonchev–Trinajstić information content (AvgIpc) is 2.71. The Kier molecular flexibility index (Phi) is 5.72. The largest absolute Gasteiger partial charge is 0.444 e. The van der Waals surface area contributed by atoms with Gasteiger partial charge in [0.05, 0.1) is 4.90 Å². The number of likely N-dealkylation sites (tertiary alicyclic amines) is 1. The number of hydrogen-bond acceptors (Lipinski definition) is 5. The van der Waals surface area contributed by atoms with Gasteiger partial charge in [-0.15, -0.1) is 0 Å². The van der Waals surface area contributed by atoms with Crippen LogP contribution in [0.4, 0.5) is 4.79 Å². The van der Waals surface area contributed by atoms with E-state index >= 15 is 0 Å². The van der Waals surface area contributed by atoms with Crippen LogP contribution in [0.5, 0.6) is 0 Å². The van der Waals surface area contributed by atoms with Gasteiger partial charge in [0.2, 0.25) is 10.0 Å². The van der Waals surface area contributed by atoms with Crippen molar-refractivity contribution in [3.63, 3.8) is 0 Å². The summed E-state index contributed by atoms with van der Waals surface area (Å²) >= 11 is 0. The van der Waals surface area contributed by atoms with Gasteiger partial charge in [-0.05, 0) is 64.5 Å². The molecule has 31 heavy (non-hydrogen) atoms. The molecule has 2 fully saturated rings. The van der Waals surface area contributed by atoms with Crippen molar-refractivity contribution >= 4 is 26.9 Å². The minimum absolute atomic E-state index is 0.0218. The molecule has 3 heterocycles. The van der Waals surface area contributed by atoms with Crippen molar-refractivity contribution in [2.75, 3.05) is 19.6 Å². The molecule has 1 amide bonds. The number of amides is 1. The first-order valence-electron chi connectivity index (χ1n) is 10.9. The van der Waals surface area contributed by atoms with E-state index in [0.717, 1.165) is 29.2 Å². The number of ether oxygens (including phenoxy) is 1. The van der Waals surface area contributed by atoms with Crippen molar-refractivity contribution in [2.24, 2.45) is 5.92 Å². The Balaban J connectivity index is 1.58. The van der Waals surface area contributed by atoms with Crippen LogP contribution in [-0.2, 0) is 14.8 Å². The van der Waals surface area contributed by atoms with E-state index in [4.69, 9.17) is 4.74 Å². The van der Waals surface area contributed by atoms with E-state index in [0.29, 0.717) is 31.0 Å². The van der Waals surface area contributed by atoms with Crippen molar-refractivity contribution in [3.8, 4) is 0 Å². The van der Waals surface area contributed by atoms with Gasteiger partial charge in [0.1, 0.15) is 5.60 Å². The van der Waals surface area contributed by atoms with Gasteiger partial charge in [-0.1, -0.05) is 12.1 Å². The van der Waals surface area contributed by atoms with Crippen LogP contribution in [0.2, 0.25) is 0 Å². The third kappa shape index (κ3) is 4.28.